The highest BCUT2D eigenvalue weighted by Crippen LogP contribution is 2.22. The summed E-state index contributed by atoms with van der Waals surface area (Å²) in [6, 6.07) is 2.86. The Labute approximate surface area is 181 Å². The van der Waals surface area contributed by atoms with Crippen molar-refractivity contribution in [2.24, 2.45) is 5.92 Å². The van der Waals surface area contributed by atoms with E-state index in [-0.39, 0.29) is 29.8 Å². The minimum atomic E-state index is -0.382. The molecule has 1 aliphatic carbocycles. The van der Waals surface area contributed by atoms with E-state index in [0.29, 0.717) is 36.3 Å². The van der Waals surface area contributed by atoms with Gasteiger partial charge in [-0.15, -0.1) is 0 Å². The molecule has 1 N–H and O–H groups in total. The van der Waals surface area contributed by atoms with Crippen molar-refractivity contribution in [3.8, 4) is 0 Å². The van der Waals surface area contributed by atoms with Crippen LogP contribution in [-0.4, -0.2) is 23.4 Å². The Balaban J connectivity index is 0.000000352. The van der Waals surface area contributed by atoms with Crippen molar-refractivity contribution in [3.63, 3.8) is 0 Å². The van der Waals surface area contributed by atoms with Gasteiger partial charge in [-0.1, -0.05) is 27.2 Å². The van der Waals surface area contributed by atoms with Crippen molar-refractivity contribution in [2.45, 2.75) is 98.4 Å². The molecule has 0 saturated heterocycles. The normalized spacial score (nSPS) is 17.6. The van der Waals surface area contributed by atoms with Gasteiger partial charge in [0.2, 0.25) is 0 Å². The van der Waals surface area contributed by atoms with Gasteiger partial charge in [0.05, 0.1) is 6.04 Å². The molecule has 1 saturated carbocycles. The lowest BCUT2D eigenvalue weighted by Crippen LogP contribution is -2.28. The first kappa shape index (κ1) is 26.0. The third-order valence-corrected chi connectivity index (χ3v) is 5.84. The number of anilines is 1. The molecule has 1 aromatic rings. The summed E-state index contributed by atoms with van der Waals surface area (Å²) in [6.45, 7) is 10.0. The minimum Gasteiger partial charge on any atom is -0.375 e. The molecule has 168 valence electrons. The summed E-state index contributed by atoms with van der Waals surface area (Å²) in [4.78, 5) is 34.3. The molecule has 0 radical (unpaired) electrons. The molecule has 1 aromatic carbocycles. The van der Waals surface area contributed by atoms with Crippen LogP contribution in [0, 0.1) is 25.6 Å². The Bertz CT molecular complexity index is 706. The molecule has 1 aliphatic rings. The van der Waals surface area contributed by atoms with Crippen molar-refractivity contribution in [2.75, 3.05) is 5.32 Å². The van der Waals surface area contributed by atoms with Crippen LogP contribution in [0.25, 0.3) is 0 Å². The zero-order chi connectivity index (χ0) is 22.7. The highest BCUT2D eigenvalue weighted by atomic mass is 19.1. The zero-order valence-electron chi connectivity index (χ0n) is 19.3. The molecule has 0 aliphatic heterocycles. The fraction of sp³-hybridized carbons (Fsp3) is 0.640. The first-order chi connectivity index (χ1) is 14.2. The van der Waals surface area contributed by atoms with Gasteiger partial charge in [0.25, 0.3) is 0 Å². The molecule has 1 fully saturated rings. The zero-order valence-corrected chi connectivity index (χ0v) is 19.3. The number of aryl methyl sites for hydroxylation is 1. The van der Waals surface area contributed by atoms with E-state index < -0.39 is 0 Å². The number of carbonyl (C=O) groups is 3. The Morgan fingerprint density at radius 2 is 1.83 bits per heavy atom. The van der Waals surface area contributed by atoms with Crippen LogP contribution in [0.3, 0.4) is 0 Å². The summed E-state index contributed by atoms with van der Waals surface area (Å²) in [5.74, 6) is 1.04. The SMILES string of the molecule is CCCC(=O)CCC(C)CC.Cc1cc(NC2CCC(=O)CCC2=O)cc(F)c1C. The standard InChI is InChI=1S/C15H18FNO2.C10H20O/c1-9-7-11(8-13(16)10(9)2)17-14-5-3-12(18)4-6-15(14)19;1-4-6-10(11)8-7-9(3)5-2/h7-8,14,17H,3-6H2,1-2H3;9H,4-8H2,1-3H3. The number of carbonyl (C=O) groups excluding carboxylic acids is 3. The summed E-state index contributed by atoms with van der Waals surface area (Å²) in [6.07, 6.45) is 6.36. The van der Waals surface area contributed by atoms with Crippen LogP contribution in [0.2, 0.25) is 0 Å². The summed E-state index contributed by atoms with van der Waals surface area (Å²) in [5, 5.41) is 3.06. The largest absolute Gasteiger partial charge is 0.375 e. The van der Waals surface area contributed by atoms with Crippen LogP contribution < -0.4 is 5.32 Å². The second-order valence-electron chi connectivity index (χ2n) is 8.48. The number of rotatable bonds is 8. The molecular formula is C25H38FNO3. The average molecular weight is 420 g/mol. The van der Waals surface area contributed by atoms with Crippen LogP contribution in [-0.2, 0) is 14.4 Å². The van der Waals surface area contributed by atoms with E-state index in [1.54, 1.807) is 6.92 Å². The monoisotopic (exact) mass is 419 g/mol. The molecule has 2 rings (SSSR count). The van der Waals surface area contributed by atoms with Gasteiger partial charge in [0.15, 0.2) is 5.78 Å². The first-order valence-corrected chi connectivity index (χ1v) is 11.3. The Hall–Kier alpha value is -2.04. The van der Waals surface area contributed by atoms with Gasteiger partial charge in [0, 0.05) is 37.8 Å². The Morgan fingerprint density at radius 1 is 1.13 bits per heavy atom. The third kappa shape index (κ3) is 9.19. The van der Waals surface area contributed by atoms with Crippen molar-refractivity contribution in [1.29, 1.82) is 0 Å². The fourth-order valence-electron chi connectivity index (χ4n) is 3.30. The molecule has 0 heterocycles. The van der Waals surface area contributed by atoms with Crippen molar-refractivity contribution >= 4 is 23.0 Å². The van der Waals surface area contributed by atoms with Crippen molar-refractivity contribution in [1.82, 2.24) is 0 Å². The van der Waals surface area contributed by atoms with Crippen LogP contribution in [0.5, 0.6) is 0 Å². The predicted octanol–water partition coefficient (Wildman–Crippen LogP) is 6.12. The molecule has 0 bridgehead atoms. The smallest absolute Gasteiger partial charge is 0.155 e. The van der Waals surface area contributed by atoms with E-state index in [9.17, 15) is 18.8 Å². The van der Waals surface area contributed by atoms with Crippen LogP contribution in [0.1, 0.15) is 89.7 Å². The second-order valence-corrected chi connectivity index (χ2v) is 8.48. The number of halogens is 1. The lowest BCUT2D eigenvalue weighted by molar-refractivity contribution is -0.122. The van der Waals surface area contributed by atoms with Crippen LogP contribution in [0.4, 0.5) is 10.1 Å². The van der Waals surface area contributed by atoms with Gasteiger partial charge in [0.1, 0.15) is 17.4 Å². The molecule has 0 spiro atoms. The van der Waals surface area contributed by atoms with E-state index in [1.165, 1.54) is 12.5 Å². The quantitative estimate of drug-likeness (QED) is 0.516. The van der Waals surface area contributed by atoms with Gasteiger partial charge in [-0.25, -0.2) is 4.39 Å². The van der Waals surface area contributed by atoms with Gasteiger partial charge in [-0.2, -0.15) is 0 Å². The highest BCUT2D eigenvalue weighted by molar-refractivity contribution is 5.93. The minimum absolute atomic E-state index is 0.0319. The topological polar surface area (TPSA) is 63.2 Å². The second kappa shape index (κ2) is 13.3. The summed E-state index contributed by atoms with van der Waals surface area (Å²) >= 11 is 0. The summed E-state index contributed by atoms with van der Waals surface area (Å²) < 4.78 is 13.7. The molecule has 4 nitrogen and oxygen atoms in total. The van der Waals surface area contributed by atoms with Crippen LogP contribution >= 0.6 is 0 Å². The van der Waals surface area contributed by atoms with Crippen molar-refractivity contribution in [3.05, 3.63) is 29.1 Å². The van der Waals surface area contributed by atoms with E-state index >= 15 is 0 Å². The molecule has 30 heavy (non-hydrogen) atoms. The Kier molecular flexibility index (Phi) is 11.5. The molecular weight excluding hydrogens is 381 g/mol. The van der Waals surface area contributed by atoms with E-state index in [4.69, 9.17) is 0 Å². The summed E-state index contributed by atoms with van der Waals surface area (Å²) in [5.41, 5.74) is 2.07. The van der Waals surface area contributed by atoms with E-state index in [0.717, 1.165) is 37.2 Å². The first-order valence-electron chi connectivity index (χ1n) is 11.3. The number of benzene rings is 1. The van der Waals surface area contributed by atoms with Gasteiger partial charge < -0.3 is 5.32 Å². The molecule has 2 atom stereocenters. The number of nitrogens with one attached hydrogen (secondary N) is 1. The number of Topliss-reactive ketones (excluding diaryl/α,β-unsaturated/α-hetero) is 3. The fourth-order valence-corrected chi connectivity index (χ4v) is 3.30. The predicted molar refractivity (Wildman–Crippen MR) is 120 cm³/mol. The molecule has 2 unspecified atom stereocenters. The van der Waals surface area contributed by atoms with E-state index in [1.807, 2.05) is 13.0 Å². The number of hydrogen-bond acceptors (Lipinski definition) is 4. The molecule has 0 aromatic heterocycles. The molecule has 0 amide bonds. The maximum Gasteiger partial charge on any atom is 0.155 e. The van der Waals surface area contributed by atoms with Crippen LogP contribution in [0.15, 0.2) is 12.1 Å². The summed E-state index contributed by atoms with van der Waals surface area (Å²) in [7, 11) is 0. The Morgan fingerprint density at radius 3 is 2.43 bits per heavy atom. The highest BCUT2D eigenvalue weighted by Gasteiger charge is 2.24. The maximum atomic E-state index is 13.7. The average Bonchev–Trinajstić information content (AvgIpc) is 2.86. The lowest BCUT2D eigenvalue weighted by atomic mass is 10.00. The van der Waals surface area contributed by atoms with Crippen molar-refractivity contribution < 1.29 is 18.8 Å². The van der Waals surface area contributed by atoms with Gasteiger partial charge in [-0.05, 0) is 62.3 Å². The molecule has 5 heteroatoms. The maximum absolute atomic E-state index is 13.7. The van der Waals surface area contributed by atoms with Gasteiger partial charge >= 0.3 is 0 Å². The third-order valence-electron chi connectivity index (χ3n) is 5.84. The van der Waals surface area contributed by atoms with Gasteiger partial charge in [-0.3, -0.25) is 14.4 Å². The number of hydrogen-bond donors (Lipinski definition) is 1. The van der Waals surface area contributed by atoms with E-state index in [2.05, 4.69) is 26.1 Å². The number of ketones is 3. The lowest BCUT2D eigenvalue weighted by Gasteiger charge is -2.17.